The number of para-hydroxylation sites is 2. The molecule has 0 saturated carbocycles. The normalized spacial score (nSPS) is 15.9. The molecule has 1 aromatic heterocycles. The van der Waals surface area contributed by atoms with Gasteiger partial charge in [-0.2, -0.15) is 0 Å². The molecule has 2 amide bonds. The van der Waals surface area contributed by atoms with Crippen LogP contribution in [0.2, 0.25) is 0 Å². The van der Waals surface area contributed by atoms with E-state index in [1.165, 1.54) is 17.3 Å². The number of thioether (sulfide) groups is 1. The fourth-order valence-corrected chi connectivity index (χ4v) is 4.70. The van der Waals surface area contributed by atoms with E-state index in [1.807, 2.05) is 56.3 Å². The summed E-state index contributed by atoms with van der Waals surface area (Å²) in [6.45, 7) is 4.68. The van der Waals surface area contributed by atoms with Gasteiger partial charge < -0.3 is 14.8 Å². The molecule has 2 heterocycles. The Balaban J connectivity index is 1.50. The molecular weight excluding hydrogens is 410 g/mol. The Bertz CT molecular complexity index is 1080. The van der Waals surface area contributed by atoms with Crippen molar-refractivity contribution in [3.63, 3.8) is 0 Å². The summed E-state index contributed by atoms with van der Waals surface area (Å²) in [5, 5.41) is 12.3. The van der Waals surface area contributed by atoms with Crippen LogP contribution in [0.25, 0.3) is 0 Å². The van der Waals surface area contributed by atoms with Gasteiger partial charge in [-0.05, 0) is 31.5 Å². The van der Waals surface area contributed by atoms with E-state index in [4.69, 9.17) is 0 Å². The van der Waals surface area contributed by atoms with Gasteiger partial charge in [0.2, 0.25) is 11.8 Å². The third kappa shape index (κ3) is 4.64. The number of amides is 2. The van der Waals surface area contributed by atoms with Crippen LogP contribution in [-0.4, -0.2) is 38.4 Å². The van der Waals surface area contributed by atoms with Crippen LogP contribution in [0.15, 0.2) is 59.8 Å². The number of hydrogen-bond donors (Lipinski definition) is 1. The third-order valence-electron chi connectivity index (χ3n) is 5.27. The van der Waals surface area contributed by atoms with Gasteiger partial charge in [0.25, 0.3) is 0 Å². The number of benzene rings is 2. The van der Waals surface area contributed by atoms with Gasteiger partial charge in [0, 0.05) is 25.4 Å². The smallest absolute Gasteiger partial charge is 0.237 e. The minimum atomic E-state index is -0.227. The Morgan fingerprint density at radius 3 is 2.65 bits per heavy atom. The van der Waals surface area contributed by atoms with E-state index >= 15 is 0 Å². The minimum Gasteiger partial charge on any atom is -0.324 e. The van der Waals surface area contributed by atoms with Gasteiger partial charge >= 0.3 is 0 Å². The first-order valence-electron chi connectivity index (χ1n) is 10.4. The van der Waals surface area contributed by atoms with E-state index < -0.39 is 0 Å². The van der Waals surface area contributed by atoms with Crippen molar-refractivity contribution in [3.05, 3.63) is 66.0 Å². The van der Waals surface area contributed by atoms with Crippen molar-refractivity contribution < 1.29 is 9.59 Å². The van der Waals surface area contributed by atoms with E-state index in [0.717, 1.165) is 23.2 Å². The molecule has 1 N–H and O–H groups in total. The first-order valence-corrected chi connectivity index (χ1v) is 11.3. The number of rotatable bonds is 6. The molecule has 1 atom stereocenters. The number of anilines is 2. The zero-order chi connectivity index (χ0) is 21.8. The zero-order valence-electron chi connectivity index (χ0n) is 17.6. The number of carbonyl (C=O) groups is 2. The molecule has 0 saturated heterocycles. The molecule has 0 fully saturated rings. The largest absolute Gasteiger partial charge is 0.324 e. The molecular formula is C23H25N5O2S. The monoisotopic (exact) mass is 435 g/mol. The predicted octanol–water partition coefficient (Wildman–Crippen LogP) is 3.74. The van der Waals surface area contributed by atoms with Crippen LogP contribution in [0.4, 0.5) is 11.4 Å². The highest BCUT2D eigenvalue weighted by atomic mass is 32.2. The number of nitrogens with zero attached hydrogens (tertiary/aromatic N) is 4. The highest BCUT2D eigenvalue weighted by Crippen LogP contribution is 2.32. The molecule has 4 rings (SSSR count). The molecule has 1 unspecified atom stereocenters. The molecule has 0 radical (unpaired) electrons. The molecule has 31 heavy (non-hydrogen) atoms. The Hall–Kier alpha value is -3.13. The Kier molecular flexibility index (Phi) is 6.36. The molecule has 0 aliphatic carbocycles. The standard InChI is InChI=1S/C23H25N5O2S/c1-3-27-20(14-17-9-5-4-6-10-17)25-26-23(27)31-15-22(30)28-16(2)13-21(29)24-18-11-7-8-12-19(18)28/h4-12,16H,3,13-15H2,1-2H3,(H,24,29). The van der Waals surface area contributed by atoms with Crippen molar-refractivity contribution in [1.82, 2.24) is 14.8 Å². The second-order valence-corrected chi connectivity index (χ2v) is 8.42. The maximum atomic E-state index is 13.2. The van der Waals surface area contributed by atoms with Gasteiger partial charge in [-0.15, -0.1) is 10.2 Å². The molecule has 3 aromatic rings. The summed E-state index contributed by atoms with van der Waals surface area (Å²) in [7, 11) is 0. The Labute approximate surface area is 185 Å². The number of fused-ring (bicyclic) bond motifs is 1. The maximum absolute atomic E-state index is 13.2. The van der Waals surface area contributed by atoms with Crippen molar-refractivity contribution >= 4 is 35.0 Å². The van der Waals surface area contributed by atoms with Crippen molar-refractivity contribution in [2.24, 2.45) is 0 Å². The van der Waals surface area contributed by atoms with Crippen LogP contribution < -0.4 is 10.2 Å². The van der Waals surface area contributed by atoms with Gasteiger partial charge in [0.1, 0.15) is 5.82 Å². The number of carbonyl (C=O) groups excluding carboxylic acids is 2. The van der Waals surface area contributed by atoms with Gasteiger partial charge in [0.15, 0.2) is 5.16 Å². The lowest BCUT2D eigenvalue weighted by molar-refractivity contribution is -0.117. The number of nitrogens with one attached hydrogen (secondary N) is 1. The first kappa shape index (κ1) is 21.1. The Morgan fingerprint density at radius 1 is 1.13 bits per heavy atom. The second kappa shape index (κ2) is 9.34. The van der Waals surface area contributed by atoms with Crippen molar-refractivity contribution in [2.45, 2.75) is 44.4 Å². The molecule has 160 valence electrons. The highest BCUT2D eigenvalue weighted by Gasteiger charge is 2.29. The lowest BCUT2D eigenvalue weighted by atomic mass is 10.1. The van der Waals surface area contributed by atoms with Crippen LogP contribution in [0.1, 0.15) is 31.7 Å². The quantitative estimate of drug-likeness (QED) is 0.597. The third-order valence-corrected chi connectivity index (χ3v) is 6.22. The molecule has 1 aliphatic heterocycles. The molecule has 2 aromatic carbocycles. The first-order chi connectivity index (χ1) is 15.1. The second-order valence-electron chi connectivity index (χ2n) is 7.48. The van der Waals surface area contributed by atoms with E-state index in [9.17, 15) is 9.59 Å². The molecule has 1 aliphatic rings. The minimum absolute atomic E-state index is 0.0586. The van der Waals surface area contributed by atoms with Gasteiger partial charge in [-0.1, -0.05) is 54.2 Å². The van der Waals surface area contributed by atoms with Crippen LogP contribution in [-0.2, 0) is 22.6 Å². The summed E-state index contributed by atoms with van der Waals surface area (Å²) < 4.78 is 2.05. The summed E-state index contributed by atoms with van der Waals surface area (Å²) in [6, 6.07) is 17.3. The number of aromatic nitrogens is 3. The van der Waals surface area contributed by atoms with Crippen LogP contribution in [0.3, 0.4) is 0 Å². The van der Waals surface area contributed by atoms with Crippen molar-refractivity contribution in [2.75, 3.05) is 16.0 Å². The maximum Gasteiger partial charge on any atom is 0.237 e. The Morgan fingerprint density at radius 2 is 1.87 bits per heavy atom. The van der Waals surface area contributed by atoms with Crippen molar-refractivity contribution in [3.8, 4) is 0 Å². The van der Waals surface area contributed by atoms with Crippen LogP contribution in [0.5, 0.6) is 0 Å². The van der Waals surface area contributed by atoms with E-state index in [1.54, 1.807) is 4.90 Å². The summed E-state index contributed by atoms with van der Waals surface area (Å²) in [5.74, 6) is 0.957. The van der Waals surface area contributed by atoms with Crippen LogP contribution in [0, 0.1) is 0 Å². The van der Waals surface area contributed by atoms with E-state index in [-0.39, 0.29) is 30.0 Å². The average Bonchev–Trinajstić information content (AvgIpc) is 3.09. The SMILES string of the molecule is CCn1c(Cc2ccccc2)nnc1SCC(=O)N1c2ccccc2NC(=O)CC1C. The summed E-state index contributed by atoms with van der Waals surface area (Å²) in [4.78, 5) is 27.1. The predicted molar refractivity (Wildman–Crippen MR) is 122 cm³/mol. The van der Waals surface area contributed by atoms with Crippen LogP contribution >= 0.6 is 11.8 Å². The van der Waals surface area contributed by atoms with Gasteiger partial charge in [0.05, 0.1) is 17.1 Å². The topological polar surface area (TPSA) is 80.1 Å². The van der Waals surface area contributed by atoms with Crippen molar-refractivity contribution in [1.29, 1.82) is 0 Å². The average molecular weight is 436 g/mol. The zero-order valence-corrected chi connectivity index (χ0v) is 18.4. The molecule has 0 spiro atoms. The molecule has 0 bridgehead atoms. The van der Waals surface area contributed by atoms with Gasteiger partial charge in [-0.3, -0.25) is 9.59 Å². The number of hydrogen-bond acceptors (Lipinski definition) is 5. The highest BCUT2D eigenvalue weighted by molar-refractivity contribution is 7.99. The van der Waals surface area contributed by atoms with E-state index in [0.29, 0.717) is 12.1 Å². The summed E-state index contributed by atoms with van der Waals surface area (Å²) in [6.07, 6.45) is 0.956. The van der Waals surface area contributed by atoms with E-state index in [2.05, 4.69) is 32.2 Å². The lowest BCUT2D eigenvalue weighted by Crippen LogP contribution is -2.40. The molecule has 8 heteroatoms. The fraction of sp³-hybridized carbons (Fsp3) is 0.304. The summed E-state index contributed by atoms with van der Waals surface area (Å²) in [5.41, 5.74) is 2.56. The summed E-state index contributed by atoms with van der Waals surface area (Å²) >= 11 is 1.38. The van der Waals surface area contributed by atoms with Gasteiger partial charge in [-0.25, -0.2) is 0 Å². The molecule has 7 nitrogen and oxygen atoms in total. The fourth-order valence-electron chi connectivity index (χ4n) is 3.82. The lowest BCUT2D eigenvalue weighted by Gasteiger charge is -2.27.